The molecule has 0 aliphatic carbocycles. The van der Waals surface area contributed by atoms with Crippen LogP contribution in [0.5, 0.6) is 0 Å². The minimum Gasteiger partial charge on any atom is -0.476 e. The van der Waals surface area contributed by atoms with Crippen molar-refractivity contribution in [2.75, 3.05) is 0 Å². The fourth-order valence-corrected chi connectivity index (χ4v) is 2.62. The number of nitrogens with zero attached hydrogens (tertiary/aromatic N) is 2. The highest BCUT2D eigenvalue weighted by atomic mass is 32.1. The summed E-state index contributed by atoms with van der Waals surface area (Å²) in [5.41, 5.74) is 0.991. The molecule has 0 unspecified atom stereocenters. The van der Waals surface area contributed by atoms with Gasteiger partial charge in [0.15, 0.2) is 10.7 Å². The third-order valence-corrected chi connectivity index (χ3v) is 3.42. The third kappa shape index (κ3) is 1.58. The molecule has 90 valence electrons. The van der Waals surface area contributed by atoms with Crippen molar-refractivity contribution in [1.82, 2.24) is 9.38 Å². The highest BCUT2D eigenvalue weighted by Crippen LogP contribution is 2.28. The first-order valence-electron chi connectivity index (χ1n) is 5.11. The van der Waals surface area contributed by atoms with E-state index in [9.17, 15) is 9.18 Å². The second-order valence-electron chi connectivity index (χ2n) is 3.68. The Balaban J connectivity index is 2.24. The van der Waals surface area contributed by atoms with Gasteiger partial charge in [-0.05, 0) is 12.1 Å². The van der Waals surface area contributed by atoms with Crippen molar-refractivity contribution in [3.8, 4) is 11.3 Å². The zero-order valence-electron chi connectivity index (χ0n) is 9.00. The summed E-state index contributed by atoms with van der Waals surface area (Å²) in [7, 11) is 0. The Labute approximate surface area is 105 Å². The van der Waals surface area contributed by atoms with E-state index in [1.807, 2.05) is 0 Å². The smallest absolute Gasteiger partial charge is 0.356 e. The van der Waals surface area contributed by atoms with E-state index in [1.54, 1.807) is 28.0 Å². The van der Waals surface area contributed by atoms with E-state index in [1.165, 1.54) is 23.6 Å². The molecule has 0 bridgehead atoms. The summed E-state index contributed by atoms with van der Waals surface area (Å²) in [6, 6.07) is 6.36. The first-order valence-corrected chi connectivity index (χ1v) is 5.99. The lowest BCUT2D eigenvalue weighted by Gasteiger charge is -2.00. The quantitative estimate of drug-likeness (QED) is 0.772. The number of aromatic carboxylic acids is 1. The van der Waals surface area contributed by atoms with E-state index >= 15 is 0 Å². The molecule has 0 amide bonds. The maximum absolute atomic E-state index is 13.7. The van der Waals surface area contributed by atoms with Crippen molar-refractivity contribution in [3.63, 3.8) is 0 Å². The lowest BCUT2D eigenvalue weighted by atomic mass is 10.1. The summed E-state index contributed by atoms with van der Waals surface area (Å²) in [5, 5.41) is 10.6. The number of benzene rings is 1. The topological polar surface area (TPSA) is 54.6 Å². The van der Waals surface area contributed by atoms with E-state index in [0.29, 0.717) is 16.2 Å². The van der Waals surface area contributed by atoms with E-state index < -0.39 is 5.97 Å². The molecule has 4 nitrogen and oxygen atoms in total. The van der Waals surface area contributed by atoms with Crippen LogP contribution in [-0.4, -0.2) is 20.5 Å². The number of carboxylic acids is 1. The molecule has 0 aliphatic heterocycles. The zero-order valence-corrected chi connectivity index (χ0v) is 9.82. The van der Waals surface area contributed by atoms with Crippen molar-refractivity contribution in [2.24, 2.45) is 0 Å². The molecule has 2 heterocycles. The van der Waals surface area contributed by atoms with Crippen LogP contribution in [0.4, 0.5) is 4.39 Å². The molecule has 2 aromatic heterocycles. The Morgan fingerprint density at radius 2 is 2.17 bits per heavy atom. The van der Waals surface area contributed by atoms with Gasteiger partial charge in [0.05, 0.1) is 5.69 Å². The zero-order chi connectivity index (χ0) is 12.7. The maximum atomic E-state index is 13.7. The fourth-order valence-electron chi connectivity index (χ4n) is 1.75. The summed E-state index contributed by atoms with van der Waals surface area (Å²) in [6.45, 7) is 0. The molecule has 1 N–H and O–H groups in total. The Hall–Kier alpha value is -2.21. The summed E-state index contributed by atoms with van der Waals surface area (Å²) >= 11 is 1.28. The first kappa shape index (κ1) is 10.9. The van der Waals surface area contributed by atoms with Gasteiger partial charge in [-0.25, -0.2) is 14.2 Å². The molecular weight excluding hydrogens is 255 g/mol. The van der Waals surface area contributed by atoms with Gasteiger partial charge in [-0.2, -0.15) is 0 Å². The summed E-state index contributed by atoms with van der Waals surface area (Å²) in [5.74, 6) is -1.44. The van der Waals surface area contributed by atoms with E-state index in [2.05, 4.69) is 4.98 Å². The number of halogens is 1. The van der Waals surface area contributed by atoms with Crippen molar-refractivity contribution in [1.29, 1.82) is 0 Å². The van der Waals surface area contributed by atoms with Gasteiger partial charge in [-0.3, -0.25) is 4.40 Å². The van der Waals surface area contributed by atoms with Crippen LogP contribution in [0, 0.1) is 5.82 Å². The van der Waals surface area contributed by atoms with Crippen LogP contribution in [0.15, 0.2) is 35.8 Å². The van der Waals surface area contributed by atoms with Crippen LogP contribution in [0.1, 0.15) is 10.5 Å². The summed E-state index contributed by atoms with van der Waals surface area (Å²) in [6.07, 6.45) is 1.40. The number of rotatable bonds is 2. The van der Waals surface area contributed by atoms with Crippen LogP contribution in [-0.2, 0) is 0 Å². The lowest BCUT2D eigenvalue weighted by Crippen LogP contribution is -1.95. The SMILES string of the molecule is O=C(O)c1cn2c(-c3ccccc3F)csc2n1. The number of hydrogen-bond donors (Lipinski definition) is 1. The number of aromatic nitrogens is 2. The number of carboxylic acid groups (broad SMARTS) is 1. The van der Waals surface area contributed by atoms with Gasteiger partial charge in [0.2, 0.25) is 0 Å². The second kappa shape index (κ2) is 3.92. The highest BCUT2D eigenvalue weighted by molar-refractivity contribution is 7.15. The van der Waals surface area contributed by atoms with Crippen LogP contribution < -0.4 is 0 Å². The molecule has 0 spiro atoms. The van der Waals surface area contributed by atoms with Gasteiger partial charge in [-0.1, -0.05) is 12.1 Å². The van der Waals surface area contributed by atoms with Crippen molar-refractivity contribution < 1.29 is 14.3 Å². The second-order valence-corrected chi connectivity index (χ2v) is 4.52. The Kier molecular flexibility index (Phi) is 2.38. The highest BCUT2D eigenvalue weighted by Gasteiger charge is 2.15. The van der Waals surface area contributed by atoms with Gasteiger partial charge in [-0.15, -0.1) is 11.3 Å². The minimum atomic E-state index is -1.09. The molecule has 3 rings (SSSR count). The molecule has 3 aromatic rings. The molecular formula is C12H7FN2O2S. The van der Waals surface area contributed by atoms with Crippen LogP contribution in [0.3, 0.4) is 0 Å². The van der Waals surface area contributed by atoms with Gasteiger partial charge >= 0.3 is 5.97 Å². The van der Waals surface area contributed by atoms with Crippen molar-refractivity contribution in [3.05, 3.63) is 47.4 Å². The number of carbonyl (C=O) groups is 1. The third-order valence-electron chi connectivity index (χ3n) is 2.58. The Morgan fingerprint density at radius 1 is 1.39 bits per heavy atom. The summed E-state index contributed by atoms with van der Waals surface area (Å²) in [4.78, 5) is 15.3. The maximum Gasteiger partial charge on any atom is 0.356 e. The largest absolute Gasteiger partial charge is 0.476 e. The number of hydrogen-bond acceptors (Lipinski definition) is 3. The molecule has 0 radical (unpaired) electrons. The minimum absolute atomic E-state index is 0.0422. The predicted octanol–water partition coefficient (Wildman–Crippen LogP) is 2.90. The number of thiazole rings is 1. The van der Waals surface area contributed by atoms with Crippen molar-refractivity contribution in [2.45, 2.75) is 0 Å². The normalized spacial score (nSPS) is 10.9. The molecule has 0 saturated carbocycles. The van der Waals surface area contributed by atoms with Crippen LogP contribution in [0.2, 0.25) is 0 Å². The number of imidazole rings is 1. The van der Waals surface area contributed by atoms with Crippen molar-refractivity contribution >= 4 is 22.3 Å². The number of fused-ring (bicyclic) bond motifs is 1. The van der Waals surface area contributed by atoms with E-state index in [-0.39, 0.29) is 11.5 Å². The molecule has 18 heavy (non-hydrogen) atoms. The Morgan fingerprint density at radius 3 is 2.89 bits per heavy atom. The molecule has 0 atom stereocenters. The van der Waals surface area contributed by atoms with Crippen LogP contribution >= 0.6 is 11.3 Å². The van der Waals surface area contributed by atoms with E-state index in [4.69, 9.17) is 5.11 Å². The van der Waals surface area contributed by atoms with E-state index in [0.717, 1.165) is 0 Å². The molecule has 0 aliphatic rings. The molecule has 0 fully saturated rings. The molecule has 0 saturated heterocycles. The predicted molar refractivity (Wildman–Crippen MR) is 65.4 cm³/mol. The standard InChI is InChI=1S/C12H7FN2O2S/c13-8-4-2-1-3-7(8)10-6-18-12-14-9(11(16)17)5-15(10)12/h1-6H,(H,16,17). The first-order chi connectivity index (χ1) is 8.66. The molecule has 6 heteroatoms. The van der Waals surface area contributed by atoms with Gasteiger partial charge in [0.25, 0.3) is 0 Å². The van der Waals surface area contributed by atoms with Gasteiger partial charge in [0, 0.05) is 17.1 Å². The Bertz CT molecular complexity index is 747. The van der Waals surface area contributed by atoms with Gasteiger partial charge in [0.1, 0.15) is 5.82 Å². The lowest BCUT2D eigenvalue weighted by molar-refractivity contribution is 0.0691. The molecule has 1 aromatic carbocycles. The summed E-state index contributed by atoms with van der Waals surface area (Å²) < 4.78 is 15.3. The average molecular weight is 262 g/mol. The van der Waals surface area contributed by atoms with Crippen LogP contribution in [0.25, 0.3) is 16.2 Å². The van der Waals surface area contributed by atoms with Gasteiger partial charge < -0.3 is 5.11 Å². The average Bonchev–Trinajstić information content (AvgIpc) is 2.89. The fraction of sp³-hybridized carbons (Fsp3) is 0. The monoisotopic (exact) mass is 262 g/mol.